The Morgan fingerprint density at radius 2 is 1.79 bits per heavy atom. The number of anilines is 1. The van der Waals surface area contributed by atoms with Gasteiger partial charge in [0.05, 0.1) is 11.1 Å². The Labute approximate surface area is 143 Å². The first kappa shape index (κ1) is 17.0. The van der Waals surface area contributed by atoms with E-state index in [0.29, 0.717) is 29.6 Å². The van der Waals surface area contributed by atoms with Crippen molar-refractivity contribution >= 4 is 17.5 Å². The summed E-state index contributed by atoms with van der Waals surface area (Å²) >= 11 is 0. The molecule has 1 aromatic rings. The van der Waals surface area contributed by atoms with Crippen LogP contribution in [0.5, 0.6) is 0 Å². The Morgan fingerprint density at radius 1 is 1.12 bits per heavy atom. The quantitative estimate of drug-likeness (QED) is 0.815. The van der Waals surface area contributed by atoms with E-state index in [-0.39, 0.29) is 17.7 Å². The molecule has 0 radical (unpaired) electrons. The van der Waals surface area contributed by atoms with Crippen LogP contribution in [0.4, 0.5) is 5.69 Å². The van der Waals surface area contributed by atoms with Crippen LogP contribution in [-0.4, -0.2) is 35.8 Å². The highest BCUT2D eigenvalue weighted by molar-refractivity contribution is 6.21. The maximum absolute atomic E-state index is 12.5. The van der Waals surface area contributed by atoms with E-state index < -0.39 is 0 Å². The van der Waals surface area contributed by atoms with Crippen LogP contribution < -0.4 is 11.1 Å². The molecule has 1 heterocycles. The summed E-state index contributed by atoms with van der Waals surface area (Å²) < 4.78 is 0. The molecule has 2 amide bonds. The third-order valence-corrected chi connectivity index (χ3v) is 5.00. The van der Waals surface area contributed by atoms with E-state index in [4.69, 9.17) is 5.73 Å². The Kier molecular flexibility index (Phi) is 4.90. The van der Waals surface area contributed by atoms with Gasteiger partial charge in [-0.3, -0.25) is 14.5 Å². The zero-order valence-corrected chi connectivity index (χ0v) is 14.5. The molecule has 1 aliphatic carbocycles. The maximum Gasteiger partial charge on any atom is 0.261 e. The lowest BCUT2D eigenvalue weighted by Gasteiger charge is -2.26. The summed E-state index contributed by atoms with van der Waals surface area (Å²) in [5.74, 6) is 0.558. The molecule has 0 bridgehead atoms. The lowest BCUT2D eigenvalue weighted by atomic mass is 9.86. The highest BCUT2D eigenvalue weighted by Crippen LogP contribution is 2.28. The number of rotatable bonds is 5. The number of imide groups is 1. The Hall–Kier alpha value is -1.88. The van der Waals surface area contributed by atoms with Gasteiger partial charge in [0.1, 0.15) is 0 Å². The highest BCUT2D eigenvalue weighted by Gasteiger charge is 2.35. The highest BCUT2D eigenvalue weighted by atomic mass is 16.2. The Balaban J connectivity index is 1.66. The van der Waals surface area contributed by atoms with Crippen molar-refractivity contribution in [1.29, 1.82) is 0 Å². The largest absolute Gasteiger partial charge is 0.385 e. The van der Waals surface area contributed by atoms with Crippen molar-refractivity contribution < 1.29 is 9.59 Å². The van der Waals surface area contributed by atoms with Gasteiger partial charge in [0.25, 0.3) is 11.8 Å². The Morgan fingerprint density at radius 3 is 2.46 bits per heavy atom. The molecule has 5 nitrogen and oxygen atoms in total. The van der Waals surface area contributed by atoms with Crippen LogP contribution in [0.15, 0.2) is 18.2 Å². The second kappa shape index (κ2) is 6.93. The van der Waals surface area contributed by atoms with Gasteiger partial charge in [-0.1, -0.05) is 13.8 Å². The van der Waals surface area contributed by atoms with Crippen LogP contribution >= 0.6 is 0 Å². The molecule has 130 valence electrons. The molecule has 0 spiro atoms. The van der Waals surface area contributed by atoms with Crippen LogP contribution in [0, 0.1) is 11.8 Å². The number of nitrogens with zero attached hydrogens (tertiary/aromatic N) is 1. The lowest BCUT2D eigenvalue weighted by molar-refractivity contribution is 0.0636. The summed E-state index contributed by atoms with van der Waals surface area (Å²) in [7, 11) is 0. The van der Waals surface area contributed by atoms with E-state index in [2.05, 4.69) is 5.32 Å². The second-order valence-corrected chi connectivity index (χ2v) is 7.54. The Bertz CT molecular complexity index is 633. The molecule has 2 aliphatic rings. The third-order valence-electron chi connectivity index (χ3n) is 5.00. The summed E-state index contributed by atoms with van der Waals surface area (Å²) in [6, 6.07) is 5.86. The molecule has 1 saturated carbocycles. The molecule has 5 heteroatoms. The number of benzene rings is 1. The molecule has 1 fully saturated rings. The van der Waals surface area contributed by atoms with Crippen molar-refractivity contribution in [2.24, 2.45) is 17.6 Å². The number of hydrogen-bond donors (Lipinski definition) is 2. The summed E-state index contributed by atoms with van der Waals surface area (Å²) in [6.45, 7) is 5.37. The van der Waals surface area contributed by atoms with Crippen molar-refractivity contribution in [2.45, 2.75) is 45.6 Å². The van der Waals surface area contributed by atoms with Gasteiger partial charge in [-0.25, -0.2) is 0 Å². The average molecular weight is 329 g/mol. The SMILES string of the molecule is CC(C)CN1C(=O)c2ccc(NC[C@H]3CC[C@H](N)CC3)cc2C1=O. The second-order valence-electron chi connectivity index (χ2n) is 7.54. The number of amides is 2. The smallest absolute Gasteiger partial charge is 0.261 e. The molecule has 0 saturated heterocycles. The standard InChI is InChI=1S/C19H27N3O2/c1-12(2)11-22-18(23)16-8-7-15(9-17(16)19(22)24)21-10-13-3-5-14(20)6-4-13/h7-9,12-14,21H,3-6,10-11,20H2,1-2H3/t13-,14-. The van der Waals surface area contributed by atoms with Gasteiger partial charge in [-0.15, -0.1) is 0 Å². The van der Waals surface area contributed by atoms with E-state index >= 15 is 0 Å². The number of hydrogen-bond acceptors (Lipinski definition) is 4. The van der Waals surface area contributed by atoms with Crippen LogP contribution in [-0.2, 0) is 0 Å². The molecule has 1 aliphatic heterocycles. The molecule has 24 heavy (non-hydrogen) atoms. The molecule has 0 unspecified atom stereocenters. The van der Waals surface area contributed by atoms with Crippen molar-refractivity contribution in [2.75, 3.05) is 18.4 Å². The predicted molar refractivity (Wildman–Crippen MR) is 95.1 cm³/mol. The number of carbonyl (C=O) groups excluding carboxylic acids is 2. The van der Waals surface area contributed by atoms with E-state index in [0.717, 1.165) is 37.9 Å². The van der Waals surface area contributed by atoms with E-state index in [1.54, 1.807) is 6.07 Å². The monoisotopic (exact) mass is 329 g/mol. The van der Waals surface area contributed by atoms with Crippen LogP contribution in [0.1, 0.15) is 60.2 Å². The van der Waals surface area contributed by atoms with Crippen molar-refractivity contribution in [3.8, 4) is 0 Å². The fourth-order valence-electron chi connectivity index (χ4n) is 3.59. The van der Waals surface area contributed by atoms with Crippen molar-refractivity contribution in [3.63, 3.8) is 0 Å². The topological polar surface area (TPSA) is 75.4 Å². The van der Waals surface area contributed by atoms with Gasteiger partial charge in [-0.2, -0.15) is 0 Å². The fourth-order valence-corrected chi connectivity index (χ4v) is 3.59. The van der Waals surface area contributed by atoms with Gasteiger partial charge in [0.15, 0.2) is 0 Å². The minimum atomic E-state index is -0.170. The summed E-state index contributed by atoms with van der Waals surface area (Å²) in [6.07, 6.45) is 4.48. The molecule has 3 rings (SSSR count). The predicted octanol–water partition coefficient (Wildman–Crippen LogP) is 2.87. The maximum atomic E-state index is 12.5. The van der Waals surface area contributed by atoms with Crippen molar-refractivity contribution in [3.05, 3.63) is 29.3 Å². The lowest BCUT2D eigenvalue weighted by Crippen LogP contribution is -2.33. The molecular weight excluding hydrogens is 302 g/mol. The molecule has 3 N–H and O–H groups in total. The molecular formula is C19H27N3O2. The molecule has 0 atom stereocenters. The molecule has 1 aromatic carbocycles. The van der Waals surface area contributed by atoms with Gasteiger partial charge < -0.3 is 11.1 Å². The fraction of sp³-hybridized carbons (Fsp3) is 0.579. The molecule has 0 aromatic heterocycles. The van der Waals surface area contributed by atoms with E-state index in [9.17, 15) is 9.59 Å². The third kappa shape index (κ3) is 3.46. The van der Waals surface area contributed by atoms with Gasteiger partial charge in [-0.05, 0) is 55.7 Å². The first-order valence-corrected chi connectivity index (χ1v) is 8.95. The summed E-state index contributed by atoms with van der Waals surface area (Å²) in [4.78, 5) is 26.2. The number of nitrogens with one attached hydrogen (secondary N) is 1. The summed E-state index contributed by atoms with van der Waals surface area (Å²) in [5.41, 5.74) is 7.91. The van der Waals surface area contributed by atoms with Gasteiger partial charge in [0, 0.05) is 24.8 Å². The van der Waals surface area contributed by atoms with Gasteiger partial charge >= 0.3 is 0 Å². The summed E-state index contributed by atoms with van der Waals surface area (Å²) in [5, 5.41) is 3.43. The van der Waals surface area contributed by atoms with Crippen LogP contribution in [0.2, 0.25) is 0 Å². The normalized spacial score (nSPS) is 23.8. The first-order chi connectivity index (χ1) is 11.5. The van der Waals surface area contributed by atoms with Crippen LogP contribution in [0.25, 0.3) is 0 Å². The minimum absolute atomic E-state index is 0.170. The minimum Gasteiger partial charge on any atom is -0.385 e. The van der Waals surface area contributed by atoms with Gasteiger partial charge in [0.2, 0.25) is 0 Å². The zero-order chi connectivity index (χ0) is 17.3. The van der Waals surface area contributed by atoms with E-state index in [1.807, 2.05) is 26.0 Å². The average Bonchev–Trinajstić information content (AvgIpc) is 2.79. The zero-order valence-electron chi connectivity index (χ0n) is 14.5. The number of carbonyl (C=O) groups is 2. The number of fused-ring (bicyclic) bond motifs is 1. The number of nitrogens with two attached hydrogens (primary N) is 1. The van der Waals surface area contributed by atoms with Crippen LogP contribution in [0.3, 0.4) is 0 Å². The van der Waals surface area contributed by atoms with E-state index in [1.165, 1.54) is 4.90 Å². The first-order valence-electron chi connectivity index (χ1n) is 8.95. The van der Waals surface area contributed by atoms with Crippen molar-refractivity contribution in [1.82, 2.24) is 4.90 Å².